The minimum absolute atomic E-state index is 0.332. The van der Waals surface area contributed by atoms with Crippen LogP contribution in [-0.4, -0.2) is 41.1 Å². The van der Waals surface area contributed by atoms with Crippen molar-refractivity contribution in [3.63, 3.8) is 0 Å². The Labute approximate surface area is 115 Å². The van der Waals surface area contributed by atoms with Gasteiger partial charge in [0.1, 0.15) is 10.8 Å². The van der Waals surface area contributed by atoms with Gasteiger partial charge in [0.25, 0.3) is 0 Å². The average Bonchev–Trinajstić information content (AvgIpc) is 2.34. The number of nitrogens with zero attached hydrogens (tertiary/aromatic N) is 2. The van der Waals surface area contributed by atoms with Crippen LogP contribution in [0.25, 0.3) is 0 Å². The first-order chi connectivity index (χ1) is 8.50. The Hall–Kier alpha value is -1.20. The first-order valence-corrected chi connectivity index (χ1v) is 6.62. The lowest BCUT2D eigenvalue weighted by atomic mass is 10.3. The fourth-order valence-corrected chi connectivity index (χ4v) is 1.59. The van der Waals surface area contributed by atoms with Crippen LogP contribution in [0.3, 0.4) is 0 Å². The standard InChI is InChI=1S/C13H22N4S/c1-10(2)17(3)9-5-8-15-12-7-4-6-11(16-12)13(14)18/h4,6-7,10H,5,8-9H2,1-3H3,(H2,14,18)(H,15,16). The summed E-state index contributed by atoms with van der Waals surface area (Å²) in [5, 5.41) is 3.28. The molecule has 18 heavy (non-hydrogen) atoms. The van der Waals surface area contributed by atoms with Gasteiger partial charge >= 0.3 is 0 Å². The van der Waals surface area contributed by atoms with Gasteiger partial charge in [0, 0.05) is 12.6 Å². The van der Waals surface area contributed by atoms with E-state index in [2.05, 4.69) is 36.1 Å². The lowest BCUT2D eigenvalue weighted by Gasteiger charge is -2.20. The van der Waals surface area contributed by atoms with Crippen molar-refractivity contribution in [2.45, 2.75) is 26.3 Å². The van der Waals surface area contributed by atoms with Crippen molar-refractivity contribution in [1.29, 1.82) is 0 Å². The molecule has 4 nitrogen and oxygen atoms in total. The predicted octanol–water partition coefficient (Wildman–Crippen LogP) is 1.86. The Morgan fingerprint density at radius 3 is 2.83 bits per heavy atom. The maximum absolute atomic E-state index is 5.54. The first kappa shape index (κ1) is 14.9. The molecule has 0 saturated carbocycles. The van der Waals surface area contributed by atoms with E-state index < -0.39 is 0 Å². The summed E-state index contributed by atoms with van der Waals surface area (Å²) in [6, 6.07) is 6.24. The van der Waals surface area contributed by atoms with E-state index in [4.69, 9.17) is 18.0 Å². The fraction of sp³-hybridized carbons (Fsp3) is 0.538. The number of nitrogens with one attached hydrogen (secondary N) is 1. The number of rotatable bonds is 7. The summed E-state index contributed by atoms with van der Waals surface area (Å²) in [6.07, 6.45) is 1.08. The van der Waals surface area contributed by atoms with E-state index in [1.165, 1.54) is 0 Å². The third-order valence-electron chi connectivity index (χ3n) is 2.88. The molecule has 0 atom stereocenters. The molecule has 0 amide bonds. The summed E-state index contributed by atoms with van der Waals surface area (Å²) < 4.78 is 0. The number of aromatic nitrogens is 1. The third-order valence-corrected chi connectivity index (χ3v) is 3.09. The summed E-state index contributed by atoms with van der Waals surface area (Å²) in [4.78, 5) is 6.98. The van der Waals surface area contributed by atoms with Gasteiger partial charge in [-0.15, -0.1) is 0 Å². The highest BCUT2D eigenvalue weighted by Gasteiger charge is 2.03. The largest absolute Gasteiger partial charge is 0.388 e. The van der Waals surface area contributed by atoms with Gasteiger partial charge in [-0.25, -0.2) is 4.98 Å². The lowest BCUT2D eigenvalue weighted by Crippen LogP contribution is -2.28. The number of nitrogens with two attached hydrogens (primary N) is 1. The van der Waals surface area contributed by atoms with Crippen LogP contribution in [-0.2, 0) is 0 Å². The maximum atomic E-state index is 5.54. The minimum Gasteiger partial charge on any atom is -0.388 e. The second kappa shape index (κ2) is 7.28. The number of hydrogen-bond donors (Lipinski definition) is 2. The smallest absolute Gasteiger partial charge is 0.126 e. The molecule has 1 heterocycles. The maximum Gasteiger partial charge on any atom is 0.126 e. The first-order valence-electron chi connectivity index (χ1n) is 6.21. The molecule has 0 aromatic carbocycles. The van der Waals surface area contributed by atoms with Crippen LogP contribution in [0.2, 0.25) is 0 Å². The molecular formula is C13H22N4S. The van der Waals surface area contributed by atoms with E-state index >= 15 is 0 Å². The summed E-state index contributed by atoms with van der Waals surface area (Å²) in [6.45, 7) is 6.35. The van der Waals surface area contributed by atoms with Gasteiger partial charge in [-0.05, 0) is 46.0 Å². The monoisotopic (exact) mass is 266 g/mol. The van der Waals surface area contributed by atoms with Gasteiger partial charge in [0.15, 0.2) is 0 Å². The van der Waals surface area contributed by atoms with Crippen molar-refractivity contribution in [3.05, 3.63) is 23.9 Å². The van der Waals surface area contributed by atoms with E-state index in [0.717, 1.165) is 25.3 Å². The SMILES string of the molecule is CC(C)N(C)CCCNc1cccc(C(N)=S)n1. The molecule has 0 aliphatic carbocycles. The zero-order chi connectivity index (χ0) is 13.5. The van der Waals surface area contributed by atoms with Crippen molar-refractivity contribution in [1.82, 2.24) is 9.88 Å². The van der Waals surface area contributed by atoms with Gasteiger partial charge in [-0.3, -0.25) is 0 Å². The Morgan fingerprint density at radius 2 is 2.22 bits per heavy atom. The molecule has 0 radical (unpaired) electrons. The normalized spacial score (nSPS) is 10.9. The van der Waals surface area contributed by atoms with E-state index in [0.29, 0.717) is 16.7 Å². The molecule has 0 saturated heterocycles. The molecule has 0 spiro atoms. The van der Waals surface area contributed by atoms with Gasteiger partial charge in [0.05, 0.1) is 5.69 Å². The van der Waals surface area contributed by atoms with Gasteiger partial charge in [-0.1, -0.05) is 18.3 Å². The van der Waals surface area contributed by atoms with E-state index in [9.17, 15) is 0 Å². The van der Waals surface area contributed by atoms with Gasteiger partial charge in [0.2, 0.25) is 0 Å². The van der Waals surface area contributed by atoms with Crippen molar-refractivity contribution >= 4 is 23.0 Å². The van der Waals surface area contributed by atoms with Crippen molar-refractivity contribution < 1.29 is 0 Å². The van der Waals surface area contributed by atoms with Crippen molar-refractivity contribution in [2.24, 2.45) is 5.73 Å². The molecular weight excluding hydrogens is 244 g/mol. The van der Waals surface area contributed by atoms with Crippen molar-refractivity contribution in [3.8, 4) is 0 Å². The van der Waals surface area contributed by atoms with E-state index in [1.807, 2.05) is 18.2 Å². The minimum atomic E-state index is 0.332. The molecule has 3 N–H and O–H groups in total. The third kappa shape index (κ3) is 4.98. The van der Waals surface area contributed by atoms with Crippen LogP contribution >= 0.6 is 12.2 Å². The second-order valence-corrected chi connectivity index (χ2v) is 5.07. The topological polar surface area (TPSA) is 54.2 Å². The van der Waals surface area contributed by atoms with Crippen molar-refractivity contribution in [2.75, 3.05) is 25.5 Å². The molecule has 1 rings (SSSR count). The second-order valence-electron chi connectivity index (χ2n) is 4.63. The van der Waals surface area contributed by atoms with Gasteiger partial charge in [-0.2, -0.15) is 0 Å². The van der Waals surface area contributed by atoms with Crippen LogP contribution in [0.1, 0.15) is 26.0 Å². The number of hydrogen-bond acceptors (Lipinski definition) is 4. The van der Waals surface area contributed by atoms with Gasteiger partial charge < -0.3 is 16.0 Å². The molecule has 1 aromatic heterocycles. The number of anilines is 1. The predicted molar refractivity (Wildman–Crippen MR) is 81.0 cm³/mol. The molecule has 0 aliphatic rings. The lowest BCUT2D eigenvalue weighted by molar-refractivity contribution is 0.273. The Bertz CT molecular complexity index is 392. The molecule has 1 aromatic rings. The van der Waals surface area contributed by atoms with Crippen LogP contribution in [0, 0.1) is 0 Å². The highest BCUT2D eigenvalue weighted by molar-refractivity contribution is 7.80. The molecule has 0 unspecified atom stereocenters. The average molecular weight is 266 g/mol. The van der Waals surface area contributed by atoms with Crippen LogP contribution in [0.5, 0.6) is 0 Å². The van der Waals surface area contributed by atoms with Crippen LogP contribution < -0.4 is 11.1 Å². The van der Waals surface area contributed by atoms with Crippen LogP contribution in [0.4, 0.5) is 5.82 Å². The molecule has 100 valence electrons. The quantitative estimate of drug-likeness (QED) is 0.583. The molecule has 0 fully saturated rings. The highest BCUT2D eigenvalue weighted by atomic mass is 32.1. The zero-order valence-electron chi connectivity index (χ0n) is 11.3. The Morgan fingerprint density at radius 1 is 1.50 bits per heavy atom. The zero-order valence-corrected chi connectivity index (χ0v) is 12.1. The highest BCUT2D eigenvalue weighted by Crippen LogP contribution is 2.05. The fourth-order valence-electron chi connectivity index (χ4n) is 1.47. The molecule has 0 aliphatic heterocycles. The summed E-state index contributed by atoms with van der Waals surface area (Å²) in [5.41, 5.74) is 6.21. The molecule has 0 bridgehead atoms. The number of pyridine rings is 1. The summed E-state index contributed by atoms with van der Waals surface area (Å²) in [5.74, 6) is 0.826. The van der Waals surface area contributed by atoms with Crippen LogP contribution in [0.15, 0.2) is 18.2 Å². The summed E-state index contributed by atoms with van der Waals surface area (Å²) in [7, 11) is 2.14. The molecule has 5 heteroatoms. The number of thiocarbonyl (C=S) groups is 1. The van der Waals surface area contributed by atoms with E-state index in [1.54, 1.807) is 0 Å². The Balaban J connectivity index is 2.35. The Kier molecular flexibility index (Phi) is 6.01. The summed E-state index contributed by atoms with van der Waals surface area (Å²) >= 11 is 4.90. The van der Waals surface area contributed by atoms with E-state index in [-0.39, 0.29) is 0 Å².